The van der Waals surface area contributed by atoms with E-state index >= 15 is 0 Å². The highest BCUT2D eigenvalue weighted by atomic mass is 19.1. The van der Waals surface area contributed by atoms with Crippen molar-refractivity contribution in [1.29, 1.82) is 0 Å². The molecule has 0 spiro atoms. The molecule has 0 saturated carbocycles. The molecule has 4 rings (SSSR count). The third kappa shape index (κ3) is 4.94. The van der Waals surface area contributed by atoms with Crippen LogP contribution in [0.25, 0.3) is 11.5 Å². The van der Waals surface area contributed by atoms with Crippen molar-refractivity contribution >= 4 is 5.69 Å². The van der Waals surface area contributed by atoms with Crippen molar-refractivity contribution in [2.24, 2.45) is 0 Å². The fourth-order valence-corrected chi connectivity index (χ4v) is 2.76. The summed E-state index contributed by atoms with van der Waals surface area (Å²) in [4.78, 5) is 0. The van der Waals surface area contributed by atoms with Crippen LogP contribution in [0.3, 0.4) is 0 Å². The Morgan fingerprint density at radius 1 is 0.833 bits per heavy atom. The molecule has 3 aromatic carbocycles. The first kappa shape index (κ1) is 19.4. The minimum atomic E-state index is -0.310. The first-order valence-corrected chi connectivity index (χ1v) is 9.52. The molecule has 1 aromatic heterocycles. The SMILES string of the molecule is CCOc1ccc(Oc2ccc(NCc3nnc(-c4ccc(F)cc4)o3)cc2)cc1. The topological polar surface area (TPSA) is 69.4 Å². The van der Waals surface area contributed by atoms with Gasteiger partial charge in [-0.15, -0.1) is 10.2 Å². The predicted octanol–water partition coefficient (Wildman–Crippen LogP) is 5.68. The van der Waals surface area contributed by atoms with Gasteiger partial charge >= 0.3 is 0 Å². The molecule has 0 atom stereocenters. The molecule has 0 radical (unpaired) electrons. The summed E-state index contributed by atoms with van der Waals surface area (Å²) in [6.45, 7) is 2.95. The van der Waals surface area contributed by atoms with E-state index in [1.807, 2.05) is 55.5 Å². The molecule has 4 aromatic rings. The Kier molecular flexibility index (Phi) is 5.89. The van der Waals surface area contributed by atoms with Gasteiger partial charge in [0, 0.05) is 11.3 Å². The standard InChI is InChI=1S/C23H20FN3O3/c1-2-28-19-11-13-21(14-12-19)29-20-9-7-18(8-10-20)25-15-22-26-27-23(30-22)16-3-5-17(24)6-4-16/h3-14,25H,2,15H2,1H3. The lowest BCUT2D eigenvalue weighted by atomic mass is 10.2. The van der Waals surface area contributed by atoms with Crippen LogP contribution in [0.15, 0.2) is 77.2 Å². The van der Waals surface area contributed by atoms with Gasteiger partial charge in [0.05, 0.1) is 13.2 Å². The molecule has 0 aliphatic carbocycles. The predicted molar refractivity (Wildman–Crippen MR) is 111 cm³/mol. The largest absolute Gasteiger partial charge is 0.494 e. The molecule has 0 amide bonds. The average molecular weight is 405 g/mol. The summed E-state index contributed by atoms with van der Waals surface area (Å²) in [7, 11) is 0. The van der Waals surface area contributed by atoms with Crippen molar-refractivity contribution in [2.75, 3.05) is 11.9 Å². The quantitative estimate of drug-likeness (QED) is 0.407. The molecule has 152 valence electrons. The van der Waals surface area contributed by atoms with Crippen LogP contribution >= 0.6 is 0 Å². The molecular formula is C23H20FN3O3. The number of anilines is 1. The molecule has 30 heavy (non-hydrogen) atoms. The van der Waals surface area contributed by atoms with E-state index in [4.69, 9.17) is 13.9 Å². The van der Waals surface area contributed by atoms with Crippen LogP contribution in [0.2, 0.25) is 0 Å². The Morgan fingerprint density at radius 2 is 1.47 bits per heavy atom. The van der Waals surface area contributed by atoms with E-state index in [2.05, 4.69) is 15.5 Å². The highest BCUT2D eigenvalue weighted by Crippen LogP contribution is 2.25. The fraction of sp³-hybridized carbons (Fsp3) is 0.130. The summed E-state index contributed by atoms with van der Waals surface area (Å²) in [5.74, 6) is 2.75. The van der Waals surface area contributed by atoms with Gasteiger partial charge in [-0.25, -0.2) is 4.39 Å². The maximum absolute atomic E-state index is 13.0. The van der Waals surface area contributed by atoms with Gasteiger partial charge in [-0.3, -0.25) is 0 Å². The Bertz CT molecular complexity index is 1080. The van der Waals surface area contributed by atoms with Crippen LogP contribution in [-0.4, -0.2) is 16.8 Å². The summed E-state index contributed by atoms with van der Waals surface area (Å²) in [6, 6.07) is 20.9. The number of nitrogens with zero attached hydrogens (tertiary/aromatic N) is 2. The molecular weight excluding hydrogens is 385 g/mol. The molecule has 1 N–H and O–H groups in total. The van der Waals surface area contributed by atoms with Crippen molar-refractivity contribution in [2.45, 2.75) is 13.5 Å². The average Bonchev–Trinajstić information content (AvgIpc) is 3.24. The second-order valence-electron chi connectivity index (χ2n) is 6.39. The maximum atomic E-state index is 13.0. The van der Waals surface area contributed by atoms with Crippen LogP contribution in [0.5, 0.6) is 17.2 Å². The lowest BCUT2D eigenvalue weighted by Gasteiger charge is -2.09. The summed E-state index contributed by atoms with van der Waals surface area (Å²) in [5.41, 5.74) is 1.56. The van der Waals surface area contributed by atoms with Crippen molar-refractivity contribution in [3.63, 3.8) is 0 Å². The smallest absolute Gasteiger partial charge is 0.247 e. The number of halogens is 1. The van der Waals surface area contributed by atoms with Gasteiger partial charge < -0.3 is 19.2 Å². The van der Waals surface area contributed by atoms with E-state index in [0.29, 0.717) is 30.5 Å². The van der Waals surface area contributed by atoms with E-state index in [9.17, 15) is 4.39 Å². The molecule has 0 fully saturated rings. The second-order valence-corrected chi connectivity index (χ2v) is 6.39. The van der Waals surface area contributed by atoms with Crippen LogP contribution < -0.4 is 14.8 Å². The van der Waals surface area contributed by atoms with Gasteiger partial charge in [-0.05, 0) is 79.7 Å². The first-order valence-electron chi connectivity index (χ1n) is 9.52. The van der Waals surface area contributed by atoms with Crippen molar-refractivity contribution in [3.05, 3.63) is 84.5 Å². The van der Waals surface area contributed by atoms with Crippen molar-refractivity contribution < 1.29 is 18.3 Å². The highest BCUT2D eigenvalue weighted by Gasteiger charge is 2.08. The number of benzene rings is 3. The Morgan fingerprint density at radius 3 is 2.13 bits per heavy atom. The zero-order valence-corrected chi connectivity index (χ0v) is 16.3. The molecule has 0 saturated heterocycles. The van der Waals surface area contributed by atoms with Crippen LogP contribution in [-0.2, 0) is 6.54 Å². The third-order valence-electron chi connectivity index (χ3n) is 4.23. The minimum Gasteiger partial charge on any atom is -0.494 e. The molecule has 0 aliphatic rings. The summed E-state index contributed by atoms with van der Waals surface area (Å²) >= 11 is 0. The van der Waals surface area contributed by atoms with Crippen molar-refractivity contribution in [3.8, 4) is 28.7 Å². The molecule has 6 nitrogen and oxygen atoms in total. The molecule has 7 heteroatoms. The van der Waals surface area contributed by atoms with Gasteiger partial charge in [-0.2, -0.15) is 0 Å². The maximum Gasteiger partial charge on any atom is 0.247 e. The monoisotopic (exact) mass is 405 g/mol. The minimum absolute atomic E-state index is 0.310. The summed E-state index contributed by atoms with van der Waals surface area (Å²) in [5, 5.41) is 11.2. The van der Waals surface area contributed by atoms with Gasteiger partial charge in [0.1, 0.15) is 23.1 Å². The zero-order chi connectivity index (χ0) is 20.8. The van der Waals surface area contributed by atoms with Crippen molar-refractivity contribution in [1.82, 2.24) is 10.2 Å². The van der Waals surface area contributed by atoms with Gasteiger partial charge in [0.25, 0.3) is 0 Å². The Balaban J connectivity index is 1.32. The normalized spacial score (nSPS) is 10.6. The number of hydrogen-bond acceptors (Lipinski definition) is 6. The number of rotatable bonds is 8. The Labute approximate surface area is 173 Å². The molecule has 0 unspecified atom stereocenters. The van der Waals surface area contributed by atoms with E-state index < -0.39 is 0 Å². The summed E-state index contributed by atoms with van der Waals surface area (Å²) in [6.07, 6.45) is 0. The second kappa shape index (κ2) is 9.09. The van der Waals surface area contributed by atoms with Gasteiger partial charge in [-0.1, -0.05) is 0 Å². The number of hydrogen-bond donors (Lipinski definition) is 1. The van der Waals surface area contributed by atoms with Crippen LogP contribution in [0.1, 0.15) is 12.8 Å². The lowest BCUT2D eigenvalue weighted by Crippen LogP contribution is -1.99. The number of nitrogens with one attached hydrogen (secondary N) is 1. The number of ether oxygens (including phenoxy) is 2. The fourth-order valence-electron chi connectivity index (χ4n) is 2.76. The van der Waals surface area contributed by atoms with E-state index in [0.717, 1.165) is 22.9 Å². The molecule has 1 heterocycles. The van der Waals surface area contributed by atoms with Gasteiger partial charge in [0.15, 0.2) is 0 Å². The Hall–Kier alpha value is -3.87. The van der Waals surface area contributed by atoms with E-state index in [1.165, 1.54) is 12.1 Å². The highest BCUT2D eigenvalue weighted by molar-refractivity contribution is 5.52. The first-order chi connectivity index (χ1) is 14.7. The van der Waals surface area contributed by atoms with Crippen LogP contribution in [0, 0.1) is 5.82 Å². The number of aromatic nitrogens is 2. The van der Waals surface area contributed by atoms with E-state index in [-0.39, 0.29) is 5.82 Å². The lowest BCUT2D eigenvalue weighted by molar-refractivity contribution is 0.339. The third-order valence-corrected chi connectivity index (χ3v) is 4.23. The van der Waals surface area contributed by atoms with E-state index in [1.54, 1.807) is 12.1 Å². The van der Waals surface area contributed by atoms with Gasteiger partial charge in [0.2, 0.25) is 11.8 Å². The van der Waals surface area contributed by atoms with Crippen LogP contribution in [0.4, 0.5) is 10.1 Å². The zero-order valence-electron chi connectivity index (χ0n) is 16.3. The molecule has 0 bridgehead atoms. The summed E-state index contributed by atoms with van der Waals surface area (Å²) < 4.78 is 29.9. The molecule has 0 aliphatic heterocycles.